The van der Waals surface area contributed by atoms with Gasteiger partial charge in [0, 0.05) is 24.2 Å². The quantitative estimate of drug-likeness (QED) is 0.517. The average Bonchev–Trinajstić information content (AvgIpc) is 3.33. The summed E-state index contributed by atoms with van der Waals surface area (Å²) in [5.74, 6) is 0.932. The third-order valence-corrected chi connectivity index (χ3v) is 4.48. The maximum Gasteiger partial charge on any atom is 0.337 e. The lowest BCUT2D eigenvalue weighted by Crippen LogP contribution is -2.00. The molecule has 2 N–H and O–H groups in total. The Morgan fingerprint density at radius 2 is 2.00 bits per heavy atom. The molecule has 2 aromatic carbocycles. The van der Waals surface area contributed by atoms with Crippen LogP contribution in [0.25, 0.3) is 22.0 Å². The molecule has 0 unspecified atom stereocenters. The number of aromatic nitrogens is 4. The van der Waals surface area contributed by atoms with Crippen LogP contribution in [0.1, 0.15) is 10.4 Å². The molecular weight excluding hydrogens is 358 g/mol. The molecule has 0 aliphatic carbocycles. The van der Waals surface area contributed by atoms with Crippen LogP contribution in [-0.2, 0) is 11.8 Å². The first-order valence-electron chi connectivity index (χ1n) is 8.59. The van der Waals surface area contributed by atoms with Gasteiger partial charge in [0.15, 0.2) is 5.82 Å². The van der Waals surface area contributed by atoms with Crippen molar-refractivity contribution in [3.63, 3.8) is 0 Å². The number of fused-ring (bicyclic) bond motifs is 1. The van der Waals surface area contributed by atoms with Crippen molar-refractivity contribution in [2.45, 2.75) is 0 Å². The first-order chi connectivity index (χ1) is 13.6. The molecule has 2 heterocycles. The first kappa shape index (κ1) is 17.6. The van der Waals surface area contributed by atoms with Gasteiger partial charge in [0.1, 0.15) is 5.75 Å². The summed E-state index contributed by atoms with van der Waals surface area (Å²) in [6.07, 6.45) is 3.75. The summed E-state index contributed by atoms with van der Waals surface area (Å²) in [5, 5.41) is 15.6. The Hall–Kier alpha value is -3.81. The molecule has 0 amide bonds. The molecule has 0 spiro atoms. The molecule has 0 bridgehead atoms. The first-order valence-corrected chi connectivity index (χ1v) is 8.59. The molecule has 2 aromatic heterocycles. The highest BCUT2D eigenvalue weighted by Crippen LogP contribution is 2.34. The summed E-state index contributed by atoms with van der Waals surface area (Å²) < 4.78 is 12.1. The number of benzene rings is 2. The van der Waals surface area contributed by atoms with E-state index in [1.165, 1.54) is 7.11 Å². The molecule has 0 aliphatic rings. The van der Waals surface area contributed by atoms with Crippen molar-refractivity contribution < 1.29 is 14.3 Å². The number of aromatic amines is 1. The van der Waals surface area contributed by atoms with E-state index in [4.69, 9.17) is 9.47 Å². The molecule has 0 saturated heterocycles. The Balaban J connectivity index is 1.66. The smallest absolute Gasteiger partial charge is 0.337 e. The highest BCUT2D eigenvalue weighted by atomic mass is 16.5. The van der Waals surface area contributed by atoms with E-state index in [0.717, 1.165) is 27.7 Å². The van der Waals surface area contributed by atoms with Crippen LogP contribution < -0.4 is 10.1 Å². The van der Waals surface area contributed by atoms with E-state index in [1.54, 1.807) is 23.9 Å². The van der Waals surface area contributed by atoms with Gasteiger partial charge < -0.3 is 14.8 Å². The van der Waals surface area contributed by atoms with E-state index >= 15 is 0 Å². The highest BCUT2D eigenvalue weighted by molar-refractivity contribution is 5.98. The lowest BCUT2D eigenvalue weighted by Gasteiger charge is -2.11. The van der Waals surface area contributed by atoms with Crippen molar-refractivity contribution in [1.29, 1.82) is 0 Å². The van der Waals surface area contributed by atoms with Crippen LogP contribution in [0.4, 0.5) is 11.5 Å². The fourth-order valence-electron chi connectivity index (χ4n) is 3.03. The van der Waals surface area contributed by atoms with E-state index in [2.05, 4.69) is 20.6 Å². The van der Waals surface area contributed by atoms with Gasteiger partial charge in [0.25, 0.3) is 0 Å². The number of carbonyl (C=O) groups is 1. The molecule has 28 heavy (non-hydrogen) atoms. The number of methoxy groups -OCH3 is 2. The summed E-state index contributed by atoms with van der Waals surface area (Å²) in [6.45, 7) is 0. The second-order valence-electron chi connectivity index (χ2n) is 6.27. The molecule has 0 fully saturated rings. The topological polar surface area (TPSA) is 94.1 Å². The van der Waals surface area contributed by atoms with Crippen LogP contribution in [0.3, 0.4) is 0 Å². The minimum Gasteiger partial charge on any atom is -0.495 e. The van der Waals surface area contributed by atoms with Gasteiger partial charge in [-0.25, -0.2) is 4.79 Å². The number of nitrogens with zero attached hydrogens (tertiary/aromatic N) is 3. The maximum atomic E-state index is 11.7. The van der Waals surface area contributed by atoms with E-state index in [0.29, 0.717) is 17.1 Å². The molecule has 0 radical (unpaired) electrons. The Bertz CT molecular complexity index is 1160. The van der Waals surface area contributed by atoms with Gasteiger partial charge in [0.05, 0.1) is 37.2 Å². The fourth-order valence-corrected chi connectivity index (χ4v) is 3.03. The zero-order valence-electron chi connectivity index (χ0n) is 15.7. The number of rotatable bonds is 5. The Labute approximate surface area is 161 Å². The van der Waals surface area contributed by atoms with Gasteiger partial charge in [-0.3, -0.25) is 9.78 Å². The lowest BCUT2D eigenvalue weighted by atomic mass is 10.1. The van der Waals surface area contributed by atoms with Crippen LogP contribution >= 0.6 is 0 Å². The largest absolute Gasteiger partial charge is 0.495 e. The van der Waals surface area contributed by atoms with Crippen LogP contribution in [0.2, 0.25) is 0 Å². The molecule has 0 saturated carbocycles. The predicted octanol–water partition coefficient (Wildman–Crippen LogP) is 3.50. The molecule has 0 atom stereocenters. The van der Waals surface area contributed by atoms with Crippen molar-refractivity contribution in [1.82, 2.24) is 20.0 Å². The number of nitrogens with one attached hydrogen (secondary N) is 2. The minimum atomic E-state index is -0.390. The zero-order chi connectivity index (χ0) is 19.7. The summed E-state index contributed by atoms with van der Waals surface area (Å²) in [7, 11) is 4.86. The van der Waals surface area contributed by atoms with E-state index in [1.807, 2.05) is 43.7 Å². The molecule has 0 aliphatic heterocycles. The summed E-state index contributed by atoms with van der Waals surface area (Å²) in [5.41, 5.74) is 3.98. The zero-order valence-corrected chi connectivity index (χ0v) is 15.7. The summed E-state index contributed by atoms with van der Waals surface area (Å²) >= 11 is 0. The van der Waals surface area contributed by atoms with Crippen LogP contribution in [-0.4, -0.2) is 40.2 Å². The van der Waals surface area contributed by atoms with Gasteiger partial charge in [-0.05, 0) is 35.9 Å². The van der Waals surface area contributed by atoms with Crippen LogP contribution in [0.15, 0.2) is 48.8 Å². The van der Waals surface area contributed by atoms with E-state index < -0.39 is 5.97 Å². The number of esters is 1. The Morgan fingerprint density at radius 3 is 2.71 bits per heavy atom. The van der Waals surface area contributed by atoms with Gasteiger partial charge in [-0.2, -0.15) is 10.2 Å². The van der Waals surface area contributed by atoms with Gasteiger partial charge >= 0.3 is 5.97 Å². The average molecular weight is 377 g/mol. The number of carbonyl (C=O) groups excluding carboxylic acids is 1. The maximum absolute atomic E-state index is 11.7. The predicted molar refractivity (Wildman–Crippen MR) is 106 cm³/mol. The number of H-pyrrole nitrogens is 1. The van der Waals surface area contributed by atoms with Crippen molar-refractivity contribution in [3.05, 3.63) is 54.4 Å². The SMILES string of the molecule is COC(=O)c1ccc2c(Nc3ccc(-c4cnn(C)c4)cc3OC)n[nH]c2c1. The summed E-state index contributed by atoms with van der Waals surface area (Å²) in [4.78, 5) is 11.7. The molecule has 142 valence electrons. The Kier molecular flexibility index (Phi) is 4.44. The highest BCUT2D eigenvalue weighted by Gasteiger charge is 2.13. The van der Waals surface area contributed by atoms with Crippen molar-refractivity contribution in [2.75, 3.05) is 19.5 Å². The molecule has 8 heteroatoms. The van der Waals surface area contributed by atoms with Crippen LogP contribution in [0, 0.1) is 0 Å². The van der Waals surface area contributed by atoms with Crippen molar-refractivity contribution >= 4 is 28.4 Å². The standard InChI is InChI=1S/C20H19N5O3/c1-25-11-14(10-21-25)12-5-7-16(18(9-12)27-2)22-19-15-6-4-13(20(26)28-3)8-17(15)23-24-19/h4-11H,1-3H3,(H2,22,23,24). The third-order valence-electron chi connectivity index (χ3n) is 4.48. The molecule has 8 nitrogen and oxygen atoms in total. The lowest BCUT2D eigenvalue weighted by molar-refractivity contribution is 0.0601. The summed E-state index contributed by atoms with van der Waals surface area (Å²) in [6, 6.07) is 11.1. The number of hydrogen-bond donors (Lipinski definition) is 2. The Morgan fingerprint density at radius 1 is 1.14 bits per heavy atom. The number of ether oxygens (including phenoxy) is 2. The van der Waals surface area contributed by atoms with Gasteiger partial charge in [-0.1, -0.05) is 6.07 Å². The molecule has 4 rings (SSSR count). The second kappa shape index (κ2) is 7.07. The molecule has 4 aromatic rings. The third kappa shape index (κ3) is 3.16. The van der Waals surface area contributed by atoms with E-state index in [9.17, 15) is 4.79 Å². The normalized spacial score (nSPS) is 10.8. The van der Waals surface area contributed by atoms with Gasteiger partial charge in [-0.15, -0.1) is 0 Å². The number of aryl methyl sites for hydroxylation is 1. The van der Waals surface area contributed by atoms with Crippen LogP contribution in [0.5, 0.6) is 5.75 Å². The second-order valence-corrected chi connectivity index (χ2v) is 6.27. The molecular formula is C20H19N5O3. The number of hydrogen-bond acceptors (Lipinski definition) is 6. The monoisotopic (exact) mass is 377 g/mol. The van der Waals surface area contributed by atoms with Gasteiger partial charge in [0.2, 0.25) is 0 Å². The van der Waals surface area contributed by atoms with Crippen molar-refractivity contribution in [2.24, 2.45) is 7.05 Å². The number of anilines is 2. The fraction of sp³-hybridized carbons (Fsp3) is 0.150. The van der Waals surface area contributed by atoms with E-state index in [-0.39, 0.29) is 0 Å². The minimum absolute atomic E-state index is 0.390. The van der Waals surface area contributed by atoms with Crippen molar-refractivity contribution in [3.8, 4) is 16.9 Å².